The first-order valence-electron chi connectivity index (χ1n) is 12.0. The molecule has 5 rings (SSSR count). The third-order valence-corrected chi connectivity index (χ3v) is 6.86. The minimum Gasteiger partial charge on any atom is -0.497 e. The number of hydrogen-bond acceptors (Lipinski definition) is 5. The molecule has 3 aromatic carbocycles. The Bertz CT molecular complexity index is 1450. The van der Waals surface area contributed by atoms with Crippen molar-refractivity contribution in [2.45, 2.75) is 12.0 Å². The van der Waals surface area contributed by atoms with E-state index in [1.807, 2.05) is 48.7 Å². The van der Waals surface area contributed by atoms with Gasteiger partial charge in [-0.15, -0.1) is 0 Å². The van der Waals surface area contributed by atoms with Gasteiger partial charge in [-0.1, -0.05) is 36.4 Å². The van der Waals surface area contributed by atoms with Crippen LogP contribution in [0.15, 0.2) is 72.9 Å². The molecular weight excluding hydrogens is 470 g/mol. The lowest BCUT2D eigenvalue weighted by Crippen LogP contribution is -2.47. The van der Waals surface area contributed by atoms with Crippen molar-refractivity contribution in [3.63, 3.8) is 0 Å². The molecule has 0 saturated heterocycles. The fourth-order valence-corrected chi connectivity index (χ4v) is 5.11. The number of anilines is 1. The summed E-state index contributed by atoms with van der Waals surface area (Å²) in [4.78, 5) is 33.0. The lowest BCUT2D eigenvalue weighted by Gasteiger charge is -2.41. The second kappa shape index (κ2) is 10.4. The van der Waals surface area contributed by atoms with Crippen LogP contribution in [0.4, 0.5) is 5.69 Å². The molecule has 2 N–H and O–H groups in total. The molecule has 2 amide bonds. The number of carbonyl (C=O) groups is 2. The van der Waals surface area contributed by atoms with Crippen molar-refractivity contribution in [3.8, 4) is 11.5 Å². The van der Waals surface area contributed by atoms with Gasteiger partial charge >= 0.3 is 0 Å². The van der Waals surface area contributed by atoms with Crippen molar-refractivity contribution < 1.29 is 23.8 Å². The first-order chi connectivity index (χ1) is 18.1. The fraction of sp³-hybridized carbons (Fsp3) is 0.241. The van der Waals surface area contributed by atoms with Crippen LogP contribution in [0.1, 0.15) is 33.4 Å². The molecule has 1 aromatic heterocycles. The van der Waals surface area contributed by atoms with Gasteiger partial charge in [0.25, 0.3) is 5.91 Å². The van der Waals surface area contributed by atoms with Crippen LogP contribution in [-0.2, 0) is 9.53 Å². The van der Waals surface area contributed by atoms with Crippen molar-refractivity contribution in [1.82, 2.24) is 9.88 Å². The van der Waals surface area contributed by atoms with E-state index in [0.29, 0.717) is 41.5 Å². The summed E-state index contributed by atoms with van der Waals surface area (Å²) in [5.74, 6) is 0.0329. The molecule has 0 saturated carbocycles. The van der Waals surface area contributed by atoms with Crippen LogP contribution in [-0.4, -0.2) is 56.2 Å². The van der Waals surface area contributed by atoms with E-state index in [4.69, 9.17) is 14.2 Å². The lowest BCUT2D eigenvalue weighted by molar-refractivity contribution is -0.119. The van der Waals surface area contributed by atoms with Crippen LogP contribution in [0.2, 0.25) is 0 Å². The average molecular weight is 500 g/mol. The molecule has 0 spiro atoms. The molecule has 1 aliphatic rings. The Morgan fingerprint density at radius 3 is 2.54 bits per heavy atom. The maximum absolute atomic E-state index is 14.1. The topological polar surface area (TPSA) is 92.9 Å². The highest BCUT2D eigenvalue weighted by molar-refractivity contribution is 6.05. The molecule has 37 heavy (non-hydrogen) atoms. The number of methoxy groups -OCH3 is 3. The zero-order chi connectivity index (χ0) is 25.9. The monoisotopic (exact) mass is 499 g/mol. The number of aromatic amines is 1. The van der Waals surface area contributed by atoms with Crippen molar-refractivity contribution >= 4 is 28.4 Å². The van der Waals surface area contributed by atoms with Crippen molar-refractivity contribution in [1.29, 1.82) is 0 Å². The number of ether oxygens (including phenoxy) is 3. The first-order valence-corrected chi connectivity index (χ1v) is 12.0. The molecule has 0 radical (unpaired) electrons. The highest BCUT2D eigenvalue weighted by atomic mass is 16.5. The molecular formula is C29H29N3O5. The summed E-state index contributed by atoms with van der Waals surface area (Å²) in [6.07, 6.45) is 1.89. The van der Waals surface area contributed by atoms with Crippen molar-refractivity contribution in [3.05, 3.63) is 89.6 Å². The predicted molar refractivity (Wildman–Crippen MR) is 141 cm³/mol. The molecule has 190 valence electrons. The van der Waals surface area contributed by atoms with Crippen LogP contribution >= 0.6 is 0 Å². The van der Waals surface area contributed by atoms with E-state index in [1.54, 1.807) is 50.5 Å². The van der Waals surface area contributed by atoms with Crippen LogP contribution in [0.25, 0.3) is 10.9 Å². The number of amides is 2. The molecule has 0 aliphatic carbocycles. The van der Waals surface area contributed by atoms with Gasteiger partial charge in [-0.05, 0) is 29.8 Å². The SMILES string of the molecule is COCCN1C(=O)c2ccccc2[C@@H](C(=O)Nc2ccc(OC)cc2OC)[C@@H]1c1c[nH]c2ccccc12. The Morgan fingerprint density at radius 1 is 0.973 bits per heavy atom. The number of carbonyl (C=O) groups excluding carboxylic acids is 2. The smallest absolute Gasteiger partial charge is 0.254 e. The van der Waals surface area contributed by atoms with Crippen molar-refractivity contribution in [2.24, 2.45) is 0 Å². The Kier molecular flexibility index (Phi) is 6.83. The number of benzene rings is 3. The van der Waals surface area contributed by atoms with Crippen LogP contribution in [0, 0.1) is 0 Å². The highest BCUT2D eigenvalue weighted by Crippen LogP contribution is 2.45. The molecule has 0 fully saturated rings. The van der Waals surface area contributed by atoms with Gasteiger partial charge in [0, 0.05) is 47.9 Å². The van der Waals surface area contributed by atoms with E-state index < -0.39 is 12.0 Å². The Balaban J connectivity index is 1.65. The van der Waals surface area contributed by atoms with E-state index in [-0.39, 0.29) is 11.8 Å². The molecule has 4 aromatic rings. The molecule has 8 nitrogen and oxygen atoms in total. The van der Waals surface area contributed by atoms with E-state index in [2.05, 4.69) is 10.3 Å². The molecule has 8 heteroatoms. The largest absolute Gasteiger partial charge is 0.497 e. The van der Waals surface area contributed by atoms with Crippen LogP contribution in [0.5, 0.6) is 11.5 Å². The van der Waals surface area contributed by atoms with Gasteiger partial charge in [0.15, 0.2) is 0 Å². The Hall–Kier alpha value is -4.30. The minimum atomic E-state index is -0.684. The minimum absolute atomic E-state index is 0.131. The van der Waals surface area contributed by atoms with Gasteiger partial charge in [-0.3, -0.25) is 9.59 Å². The van der Waals surface area contributed by atoms with Gasteiger partial charge in [0.05, 0.1) is 38.5 Å². The third-order valence-electron chi connectivity index (χ3n) is 6.86. The quantitative estimate of drug-likeness (QED) is 0.365. The zero-order valence-electron chi connectivity index (χ0n) is 21.0. The van der Waals surface area contributed by atoms with E-state index in [0.717, 1.165) is 16.5 Å². The molecule has 1 aliphatic heterocycles. The predicted octanol–water partition coefficient (Wildman–Crippen LogP) is 4.75. The van der Waals surface area contributed by atoms with Crippen molar-refractivity contribution in [2.75, 3.05) is 39.8 Å². The Labute approximate surface area is 215 Å². The summed E-state index contributed by atoms with van der Waals surface area (Å²) >= 11 is 0. The molecule has 2 heterocycles. The summed E-state index contributed by atoms with van der Waals surface area (Å²) in [6, 6.07) is 19.9. The van der Waals surface area contributed by atoms with E-state index >= 15 is 0 Å². The zero-order valence-corrected chi connectivity index (χ0v) is 21.0. The number of H-pyrrole nitrogens is 1. The summed E-state index contributed by atoms with van der Waals surface area (Å²) in [6.45, 7) is 0.677. The maximum atomic E-state index is 14.1. The second-order valence-corrected chi connectivity index (χ2v) is 8.85. The fourth-order valence-electron chi connectivity index (χ4n) is 5.11. The Morgan fingerprint density at radius 2 is 1.76 bits per heavy atom. The molecule has 0 bridgehead atoms. The number of aromatic nitrogens is 1. The van der Waals surface area contributed by atoms with Gasteiger partial charge in [0.1, 0.15) is 11.5 Å². The standard InChI is InChI=1S/C29H29N3O5/c1-35-15-14-32-27(22-17-30-23-11-7-6-8-19(22)23)26(20-9-4-5-10-21(20)29(32)34)28(33)31-24-13-12-18(36-2)16-25(24)37-3/h4-13,16-17,26-27,30H,14-15H2,1-3H3,(H,31,33)/t26-,27+/m1/s1. The first kappa shape index (κ1) is 24.4. The number of rotatable bonds is 8. The van der Waals surface area contributed by atoms with Gasteiger partial charge in [0.2, 0.25) is 5.91 Å². The molecule has 0 unspecified atom stereocenters. The number of nitrogens with zero attached hydrogens (tertiary/aromatic N) is 1. The summed E-state index contributed by atoms with van der Waals surface area (Å²) in [5, 5.41) is 4.02. The second-order valence-electron chi connectivity index (χ2n) is 8.85. The van der Waals surface area contributed by atoms with E-state index in [1.165, 1.54) is 0 Å². The number of hydrogen-bond donors (Lipinski definition) is 2. The molecule has 2 atom stereocenters. The highest BCUT2D eigenvalue weighted by Gasteiger charge is 2.45. The normalized spacial score (nSPS) is 16.9. The van der Waals surface area contributed by atoms with Crippen LogP contribution in [0.3, 0.4) is 0 Å². The van der Waals surface area contributed by atoms with Gasteiger partial charge < -0.3 is 29.4 Å². The third kappa shape index (κ3) is 4.40. The summed E-state index contributed by atoms with van der Waals surface area (Å²) in [5.41, 5.74) is 3.52. The average Bonchev–Trinajstić information content (AvgIpc) is 3.36. The van der Waals surface area contributed by atoms with Crippen LogP contribution < -0.4 is 14.8 Å². The number of para-hydroxylation sites is 1. The van der Waals surface area contributed by atoms with E-state index in [9.17, 15) is 9.59 Å². The maximum Gasteiger partial charge on any atom is 0.254 e. The van der Waals surface area contributed by atoms with Gasteiger partial charge in [-0.2, -0.15) is 0 Å². The number of fused-ring (bicyclic) bond motifs is 2. The summed E-state index contributed by atoms with van der Waals surface area (Å²) < 4.78 is 16.2. The number of nitrogens with one attached hydrogen (secondary N) is 2. The van der Waals surface area contributed by atoms with Gasteiger partial charge in [-0.25, -0.2) is 0 Å². The summed E-state index contributed by atoms with van der Waals surface area (Å²) in [7, 11) is 4.72. The lowest BCUT2D eigenvalue weighted by atomic mass is 9.79.